The van der Waals surface area contributed by atoms with Crippen molar-refractivity contribution in [2.75, 3.05) is 43.2 Å². The Kier molecular flexibility index (Phi) is 7.48. The Morgan fingerprint density at radius 1 is 1.24 bits per heavy atom. The Balaban J connectivity index is 1.51. The lowest BCUT2D eigenvalue weighted by Gasteiger charge is -2.28. The molecule has 3 heterocycles. The van der Waals surface area contributed by atoms with Gasteiger partial charge in [0.25, 0.3) is 11.8 Å². The van der Waals surface area contributed by atoms with Crippen molar-refractivity contribution in [2.24, 2.45) is 4.99 Å². The van der Waals surface area contributed by atoms with Gasteiger partial charge in [0.1, 0.15) is 11.4 Å². The Bertz CT molecular complexity index is 1150. The van der Waals surface area contributed by atoms with Gasteiger partial charge in [0, 0.05) is 37.4 Å². The van der Waals surface area contributed by atoms with Crippen LogP contribution in [0.25, 0.3) is 0 Å². The van der Waals surface area contributed by atoms with Crippen LogP contribution < -0.4 is 15.5 Å². The van der Waals surface area contributed by atoms with Crippen LogP contribution in [0.4, 0.5) is 11.4 Å². The van der Waals surface area contributed by atoms with E-state index in [9.17, 15) is 9.59 Å². The number of anilines is 2. The molecule has 34 heavy (non-hydrogen) atoms. The highest BCUT2D eigenvalue weighted by Crippen LogP contribution is 2.28. The molecule has 0 spiro atoms. The first-order valence-electron chi connectivity index (χ1n) is 10.8. The highest BCUT2D eigenvalue weighted by Gasteiger charge is 2.44. The third-order valence-corrected chi connectivity index (χ3v) is 7.00. The van der Waals surface area contributed by atoms with E-state index in [0.717, 1.165) is 22.6 Å². The number of nitriles is 1. The number of amides is 2. The molecule has 2 saturated heterocycles. The first-order chi connectivity index (χ1) is 16.4. The molecule has 0 saturated carbocycles. The number of aryl methyl sites for hydroxylation is 1. The van der Waals surface area contributed by atoms with Crippen molar-refractivity contribution < 1.29 is 19.1 Å². The molecule has 0 aliphatic carbocycles. The lowest BCUT2D eigenvalue weighted by molar-refractivity contribution is -0.122. The molecular formula is C23H24ClN5O4S. The Morgan fingerprint density at radius 3 is 2.76 bits per heavy atom. The van der Waals surface area contributed by atoms with E-state index < -0.39 is 5.54 Å². The minimum atomic E-state index is -1.17. The number of benzene rings is 1. The fourth-order valence-electron chi connectivity index (χ4n) is 4.02. The van der Waals surface area contributed by atoms with E-state index in [1.54, 1.807) is 18.2 Å². The van der Waals surface area contributed by atoms with Crippen LogP contribution in [0.2, 0.25) is 4.34 Å². The van der Waals surface area contributed by atoms with Gasteiger partial charge >= 0.3 is 0 Å². The average Bonchev–Trinajstić information content (AvgIpc) is 3.40. The van der Waals surface area contributed by atoms with Crippen LogP contribution in [-0.2, 0) is 14.3 Å². The van der Waals surface area contributed by atoms with Crippen LogP contribution in [0.15, 0.2) is 35.3 Å². The molecule has 1 aromatic carbocycles. The van der Waals surface area contributed by atoms with Gasteiger partial charge in [-0.1, -0.05) is 11.6 Å². The number of nitrogens with one attached hydrogen (secondary N) is 2. The quantitative estimate of drug-likeness (QED) is 0.607. The van der Waals surface area contributed by atoms with Gasteiger partial charge in [0.15, 0.2) is 0 Å². The summed E-state index contributed by atoms with van der Waals surface area (Å²) in [5.74, 6) is -0.0573. The number of hydrogen-bond donors (Lipinski definition) is 2. The Labute approximate surface area is 206 Å². The minimum Gasteiger partial charge on any atom is -0.379 e. The molecule has 11 heteroatoms. The second kappa shape index (κ2) is 10.5. The van der Waals surface area contributed by atoms with Gasteiger partial charge in [0.05, 0.1) is 29.0 Å². The van der Waals surface area contributed by atoms with Gasteiger partial charge in [-0.2, -0.15) is 10.3 Å². The lowest BCUT2D eigenvalue weighted by Crippen LogP contribution is -2.57. The third-order valence-electron chi connectivity index (χ3n) is 5.77. The SMILES string of the molecule is Cc1cc(NC(=O)[C@@]2(NC(=O)c3ccc(Cl)s3)CCOC2)ccc1N1CCOCC/C1=N\C#N. The zero-order valence-electron chi connectivity index (χ0n) is 18.6. The minimum absolute atomic E-state index is 0.0858. The summed E-state index contributed by atoms with van der Waals surface area (Å²) >= 11 is 7.10. The predicted octanol–water partition coefficient (Wildman–Crippen LogP) is 3.34. The fraction of sp³-hybridized carbons (Fsp3) is 0.391. The van der Waals surface area contributed by atoms with E-state index >= 15 is 0 Å². The summed E-state index contributed by atoms with van der Waals surface area (Å²) in [4.78, 5) is 32.4. The Hall–Kier alpha value is -2.97. The second-order valence-corrected chi connectivity index (χ2v) is 9.76. The van der Waals surface area contributed by atoms with E-state index in [-0.39, 0.29) is 18.4 Å². The number of hydrogen-bond acceptors (Lipinski definition) is 7. The van der Waals surface area contributed by atoms with Gasteiger partial charge in [-0.05, 0) is 42.8 Å². The summed E-state index contributed by atoms with van der Waals surface area (Å²) in [6, 6.07) is 8.80. The average molecular weight is 502 g/mol. The molecule has 4 rings (SSSR count). The molecule has 2 N–H and O–H groups in total. The molecule has 9 nitrogen and oxygen atoms in total. The number of carbonyl (C=O) groups is 2. The summed E-state index contributed by atoms with van der Waals surface area (Å²) in [6.45, 7) is 4.00. The number of nitrogens with zero attached hydrogens (tertiary/aromatic N) is 3. The summed E-state index contributed by atoms with van der Waals surface area (Å²) in [6.07, 6.45) is 2.78. The molecule has 0 radical (unpaired) electrons. The van der Waals surface area contributed by atoms with E-state index in [1.807, 2.05) is 30.1 Å². The molecule has 2 aliphatic heterocycles. The number of ether oxygens (including phenoxy) is 2. The number of thiophene rings is 1. The maximum atomic E-state index is 13.3. The van der Waals surface area contributed by atoms with E-state index in [0.29, 0.717) is 59.9 Å². The molecule has 2 aromatic rings. The van der Waals surface area contributed by atoms with Gasteiger partial charge < -0.3 is 25.0 Å². The second-order valence-electron chi connectivity index (χ2n) is 8.04. The van der Waals surface area contributed by atoms with E-state index in [4.69, 9.17) is 26.3 Å². The van der Waals surface area contributed by atoms with Gasteiger partial charge in [-0.15, -0.1) is 11.3 Å². The normalized spacial score (nSPS) is 21.7. The summed E-state index contributed by atoms with van der Waals surface area (Å²) < 4.78 is 11.5. The van der Waals surface area contributed by atoms with E-state index in [1.165, 1.54) is 0 Å². The topological polar surface area (TPSA) is 116 Å². The highest BCUT2D eigenvalue weighted by molar-refractivity contribution is 7.18. The fourth-order valence-corrected chi connectivity index (χ4v) is 4.96. The van der Waals surface area contributed by atoms with Crippen LogP contribution in [-0.4, -0.2) is 56.2 Å². The first kappa shape index (κ1) is 24.2. The van der Waals surface area contributed by atoms with Crippen molar-refractivity contribution in [3.63, 3.8) is 0 Å². The molecule has 178 valence electrons. The number of carbonyl (C=O) groups excluding carboxylic acids is 2. The molecule has 1 atom stereocenters. The maximum Gasteiger partial charge on any atom is 0.262 e. The zero-order chi connectivity index (χ0) is 24.1. The van der Waals surface area contributed by atoms with Crippen LogP contribution >= 0.6 is 22.9 Å². The van der Waals surface area contributed by atoms with Crippen molar-refractivity contribution in [2.45, 2.75) is 25.3 Å². The summed E-state index contributed by atoms with van der Waals surface area (Å²) in [7, 11) is 0. The number of aliphatic imine (C=N–C) groups is 1. The van der Waals surface area contributed by atoms with Gasteiger partial charge in [-0.25, -0.2) is 0 Å². The number of halogens is 1. The smallest absolute Gasteiger partial charge is 0.262 e. The predicted molar refractivity (Wildman–Crippen MR) is 131 cm³/mol. The summed E-state index contributed by atoms with van der Waals surface area (Å²) in [5.41, 5.74) is 1.21. The number of amidine groups is 1. The lowest BCUT2D eigenvalue weighted by atomic mass is 9.96. The highest BCUT2D eigenvalue weighted by atomic mass is 35.5. The molecule has 0 bridgehead atoms. The van der Waals surface area contributed by atoms with Crippen molar-refractivity contribution >= 4 is 52.0 Å². The van der Waals surface area contributed by atoms with Gasteiger partial charge in [-0.3, -0.25) is 9.59 Å². The zero-order valence-corrected chi connectivity index (χ0v) is 20.2. The monoisotopic (exact) mass is 501 g/mol. The molecule has 2 amide bonds. The first-order valence-corrected chi connectivity index (χ1v) is 12.0. The van der Waals surface area contributed by atoms with Crippen molar-refractivity contribution in [3.8, 4) is 6.19 Å². The third kappa shape index (κ3) is 5.23. The summed E-state index contributed by atoms with van der Waals surface area (Å²) in [5, 5.41) is 14.8. The van der Waals surface area contributed by atoms with Crippen LogP contribution in [0.1, 0.15) is 28.1 Å². The molecule has 0 unspecified atom stereocenters. The molecule has 2 aliphatic rings. The van der Waals surface area contributed by atoms with Crippen molar-refractivity contribution in [3.05, 3.63) is 45.1 Å². The van der Waals surface area contributed by atoms with Crippen molar-refractivity contribution in [1.82, 2.24) is 5.32 Å². The molecular weight excluding hydrogens is 478 g/mol. The molecule has 2 fully saturated rings. The van der Waals surface area contributed by atoms with Crippen LogP contribution in [0, 0.1) is 18.4 Å². The maximum absolute atomic E-state index is 13.3. The van der Waals surface area contributed by atoms with Gasteiger partial charge in [0.2, 0.25) is 6.19 Å². The Morgan fingerprint density at radius 2 is 2.09 bits per heavy atom. The van der Waals surface area contributed by atoms with Crippen LogP contribution in [0.3, 0.4) is 0 Å². The largest absolute Gasteiger partial charge is 0.379 e. The standard InChI is InChI=1S/C23H24ClN5O4S/c1-15-12-16(2-3-17(15)29-8-11-32-9-6-20(29)26-14-25)27-22(31)23(7-10-33-13-23)28-21(30)18-4-5-19(24)34-18/h2-5,12H,6-11,13H2,1H3,(H,27,31)(H,28,30)/b26-20+/t23-/m1/s1. The van der Waals surface area contributed by atoms with Crippen LogP contribution in [0.5, 0.6) is 0 Å². The van der Waals surface area contributed by atoms with Crippen molar-refractivity contribution in [1.29, 1.82) is 5.26 Å². The van der Waals surface area contributed by atoms with E-state index in [2.05, 4.69) is 15.6 Å². The molecule has 1 aromatic heterocycles. The number of rotatable bonds is 5.